The summed E-state index contributed by atoms with van der Waals surface area (Å²) in [6.07, 6.45) is -1.58. The van der Waals surface area contributed by atoms with Crippen LogP contribution in [0.3, 0.4) is 0 Å². The Labute approximate surface area is 122 Å². The van der Waals surface area contributed by atoms with Gasteiger partial charge in [0.1, 0.15) is 0 Å². The summed E-state index contributed by atoms with van der Waals surface area (Å²) in [5.74, 6) is 0. The summed E-state index contributed by atoms with van der Waals surface area (Å²) < 4.78 is 44.7. The van der Waals surface area contributed by atoms with E-state index in [4.69, 9.17) is 10.5 Å². The number of aromatic nitrogens is 1. The van der Waals surface area contributed by atoms with E-state index in [0.717, 1.165) is 31.8 Å². The molecule has 2 atom stereocenters. The average Bonchev–Trinajstić information content (AvgIpc) is 2.46. The minimum absolute atomic E-state index is 0.00616. The molecule has 1 aliphatic heterocycles. The molecule has 1 saturated heterocycles. The zero-order valence-corrected chi connectivity index (χ0v) is 11.9. The van der Waals surface area contributed by atoms with Crippen LogP contribution in [0.25, 0.3) is 0 Å². The van der Waals surface area contributed by atoms with E-state index in [1.165, 1.54) is 6.20 Å². The standard InChI is InChI=1S/C14H20F3N3O/c1-2-5-20-6-7-21-12(9-20)13(18)10-8-19-4-3-11(10)14(15,16)17/h3-4,8,12-13H,2,5-7,9,18H2,1H3. The van der Waals surface area contributed by atoms with E-state index in [1.807, 2.05) is 0 Å². The molecule has 0 aromatic carbocycles. The summed E-state index contributed by atoms with van der Waals surface area (Å²) in [5.41, 5.74) is 5.29. The Hall–Kier alpha value is -1.18. The summed E-state index contributed by atoms with van der Waals surface area (Å²) in [7, 11) is 0. The van der Waals surface area contributed by atoms with Gasteiger partial charge in [-0.2, -0.15) is 13.2 Å². The molecule has 1 aliphatic rings. The van der Waals surface area contributed by atoms with E-state index in [0.29, 0.717) is 13.2 Å². The van der Waals surface area contributed by atoms with Crippen LogP contribution in [0.15, 0.2) is 18.5 Å². The van der Waals surface area contributed by atoms with Crippen LogP contribution in [0.4, 0.5) is 13.2 Å². The molecule has 0 bridgehead atoms. The molecule has 2 rings (SSSR count). The maximum absolute atomic E-state index is 13.0. The molecule has 0 spiro atoms. The molecule has 0 radical (unpaired) electrons. The molecular weight excluding hydrogens is 283 g/mol. The van der Waals surface area contributed by atoms with E-state index in [-0.39, 0.29) is 5.56 Å². The van der Waals surface area contributed by atoms with Crippen molar-refractivity contribution in [2.75, 3.05) is 26.2 Å². The van der Waals surface area contributed by atoms with Crippen LogP contribution < -0.4 is 5.73 Å². The molecule has 118 valence electrons. The lowest BCUT2D eigenvalue weighted by molar-refractivity contribution is -0.139. The Morgan fingerprint density at radius 3 is 2.95 bits per heavy atom. The summed E-state index contributed by atoms with van der Waals surface area (Å²) in [4.78, 5) is 5.95. The van der Waals surface area contributed by atoms with Gasteiger partial charge in [-0.15, -0.1) is 0 Å². The molecule has 7 heteroatoms. The van der Waals surface area contributed by atoms with Gasteiger partial charge in [-0.3, -0.25) is 9.88 Å². The largest absolute Gasteiger partial charge is 0.416 e. The van der Waals surface area contributed by atoms with Crippen LogP contribution in [0.5, 0.6) is 0 Å². The predicted molar refractivity (Wildman–Crippen MR) is 72.6 cm³/mol. The number of alkyl halides is 3. The van der Waals surface area contributed by atoms with E-state index in [1.54, 1.807) is 0 Å². The van der Waals surface area contributed by atoms with Gasteiger partial charge in [0.15, 0.2) is 0 Å². The quantitative estimate of drug-likeness (QED) is 0.926. The third-order valence-corrected chi connectivity index (χ3v) is 3.63. The van der Waals surface area contributed by atoms with E-state index in [2.05, 4.69) is 16.8 Å². The van der Waals surface area contributed by atoms with Crippen molar-refractivity contribution in [3.63, 3.8) is 0 Å². The molecule has 0 aliphatic carbocycles. The van der Waals surface area contributed by atoms with E-state index in [9.17, 15) is 13.2 Å². The van der Waals surface area contributed by atoms with Gasteiger partial charge >= 0.3 is 6.18 Å². The fraction of sp³-hybridized carbons (Fsp3) is 0.643. The van der Waals surface area contributed by atoms with Gasteiger partial charge < -0.3 is 10.5 Å². The average molecular weight is 303 g/mol. The molecular formula is C14H20F3N3O. The number of ether oxygens (including phenoxy) is 1. The van der Waals surface area contributed by atoms with Crippen molar-refractivity contribution in [2.24, 2.45) is 5.73 Å². The highest BCUT2D eigenvalue weighted by molar-refractivity contribution is 5.30. The smallest absolute Gasteiger partial charge is 0.374 e. The lowest BCUT2D eigenvalue weighted by Gasteiger charge is -2.36. The lowest BCUT2D eigenvalue weighted by atomic mass is 9.97. The number of pyridine rings is 1. The van der Waals surface area contributed by atoms with Gasteiger partial charge in [0, 0.05) is 31.0 Å². The molecule has 2 N–H and O–H groups in total. The summed E-state index contributed by atoms with van der Waals surface area (Å²) in [5, 5.41) is 0. The number of nitrogens with zero attached hydrogens (tertiary/aromatic N) is 2. The second-order valence-electron chi connectivity index (χ2n) is 5.20. The topological polar surface area (TPSA) is 51.4 Å². The highest BCUT2D eigenvalue weighted by atomic mass is 19.4. The summed E-state index contributed by atoms with van der Waals surface area (Å²) in [6, 6.07) is 0.122. The normalized spacial score (nSPS) is 22.2. The molecule has 2 heterocycles. The first-order valence-corrected chi connectivity index (χ1v) is 7.04. The Morgan fingerprint density at radius 2 is 2.29 bits per heavy atom. The molecule has 21 heavy (non-hydrogen) atoms. The van der Waals surface area contributed by atoms with Crippen molar-refractivity contribution in [3.8, 4) is 0 Å². The van der Waals surface area contributed by atoms with Crippen molar-refractivity contribution in [1.82, 2.24) is 9.88 Å². The first kappa shape index (κ1) is 16.2. The highest BCUT2D eigenvalue weighted by Gasteiger charge is 2.37. The Kier molecular flexibility index (Phi) is 5.18. The van der Waals surface area contributed by atoms with Gasteiger partial charge in [0.2, 0.25) is 0 Å². The van der Waals surface area contributed by atoms with Crippen LogP contribution in [-0.2, 0) is 10.9 Å². The number of hydrogen-bond donors (Lipinski definition) is 1. The van der Waals surface area contributed by atoms with Crippen LogP contribution >= 0.6 is 0 Å². The molecule has 1 aromatic heterocycles. The Balaban J connectivity index is 2.18. The fourth-order valence-corrected chi connectivity index (χ4v) is 2.60. The van der Waals surface area contributed by atoms with Gasteiger partial charge in [-0.1, -0.05) is 6.92 Å². The third-order valence-electron chi connectivity index (χ3n) is 3.63. The first-order chi connectivity index (χ1) is 9.93. The molecule has 0 amide bonds. The second kappa shape index (κ2) is 6.72. The summed E-state index contributed by atoms with van der Waals surface area (Å²) in [6.45, 7) is 4.77. The van der Waals surface area contributed by atoms with Crippen molar-refractivity contribution >= 4 is 0 Å². The molecule has 1 aromatic rings. The monoisotopic (exact) mass is 303 g/mol. The van der Waals surface area contributed by atoms with Crippen molar-refractivity contribution in [1.29, 1.82) is 0 Å². The van der Waals surface area contributed by atoms with Crippen LogP contribution in [0.1, 0.15) is 30.5 Å². The SMILES string of the molecule is CCCN1CCOC(C(N)c2cnccc2C(F)(F)F)C1. The fourth-order valence-electron chi connectivity index (χ4n) is 2.60. The predicted octanol–water partition coefficient (Wildman–Crippen LogP) is 2.21. The summed E-state index contributed by atoms with van der Waals surface area (Å²) >= 11 is 0. The maximum atomic E-state index is 13.0. The van der Waals surface area contributed by atoms with Crippen LogP contribution in [0.2, 0.25) is 0 Å². The maximum Gasteiger partial charge on any atom is 0.416 e. The zero-order chi connectivity index (χ0) is 15.5. The van der Waals surface area contributed by atoms with Crippen LogP contribution in [0, 0.1) is 0 Å². The van der Waals surface area contributed by atoms with Crippen molar-refractivity contribution in [2.45, 2.75) is 31.7 Å². The van der Waals surface area contributed by atoms with E-state index < -0.39 is 23.9 Å². The molecule has 1 fully saturated rings. The van der Waals surface area contributed by atoms with Gasteiger partial charge in [0.05, 0.1) is 24.3 Å². The zero-order valence-electron chi connectivity index (χ0n) is 11.9. The van der Waals surface area contributed by atoms with Gasteiger partial charge in [-0.05, 0) is 19.0 Å². The Bertz CT molecular complexity index is 465. The van der Waals surface area contributed by atoms with Crippen molar-refractivity contribution in [3.05, 3.63) is 29.6 Å². The molecule has 2 unspecified atom stereocenters. The van der Waals surface area contributed by atoms with Gasteiger partial charge in [0.25, 0.3) is 0 Å². The van der Waals surface area contributed by atoms with E-state index >= 15 is 0 Å². The highest BCUT2D eigenvalue weighted by Crippen LogP contribution is 2.35. The van der Waals surface area contributed by atoms with Gasteiger partial charge in [-0.25, -0.2) is 0 Å². The second-order valence-corrected chi connectivity index (χ2v) is 5.20. The number of nitrogens with two attached hydrogens (primary N) is 1. The minimum atomic E-state index is -4.44. The molecule has 0 saturated carbocycles. The number of hydrogen-bond acceptors (Lipinski definition) is 4. The third kappa shape index (κ3) is 3.93. The minimum Gasteiger partial charge on any atom is -0.374 e. The first-order valence-electron chi connectivity index (χ1n) is 7.04. The number of halogens is 3. The number of rotatable bonds is 4. The Morgan fingerprint density at radius 1 is 1.52 bits per heavy atom. The molecule has 4 nitrogen and oxygen atoms in total. The van der Waals surface area contributed by atoms with Crippen LogP contribution in [-0.4, -0.2) is 42.2 Å². The number of morpholine rings is 1. The van der Waals surface area contributed by atoms with Crippen molar-refractivity contribution < 1.29 is 17.9 Å². The lowest BCUT2D eigenvalue weighted by Crippen LogP contribution is -2.47.